The van der Waals surface area contributed by atoms with E-state index in [1.165, 1.54) is 13.2 Å². The van der Waals surface area contributed by atoms with Crippen molar-refractivity contribution in [3.05, 3.63) is 34.2 Å². The van der Waals surface area contributed by atoms with Gasteiger partial charge in [-0.15, -0.1) is 0 Å². The number of carbonyl (C=O) groups is 1. The summed E-state index contributed by atoms with van der Waals surface area (Å²) in [5.74, 6) is -0.271. The average molecular weight is 264 g/mol. The van der Waals surface area contributed by atoms with Crippen molar-refractivity contribution < 1.29 is 14.6 Å². The molecule has 0 radical (unpaired) electrons. The van der Waals surface area contributed by atoms with Gasteiger partial charge in [0.15, 0.2) is 11.5 Å². The molecule has 102 valence electrons. The lowest BCUT2D eigenvalue weighted by molar-refractivity contribution is 0.0950. The fourth-order valence-electron chi connectivity index (χ4n) is 1.52. The van der Waals surface area contributed by atoms with Crippen LogP contribution in [0.5, 0.6) is 11.5 Å². The van der Waals surface area contributed by atoms with Crippen molar-refractivity contribution in [2.45, 2.75) is 12.8 Å². The summed E-state index contributed by atoms with van der Waals surface area (Å²) >= 11 is 0. The zero-order chi connectivity index (χ0) is 14.1. The molecular weight excluding hydrogens is 248 g/mol. The molecule has 0 spiro atoms. The van der Waals surface area contributed by atoms with Crippen LogP contribution in [0.25, 0.3) is 10.4 Å². The largest absolute Gasteiger partial charge is 0.504 e. The molecule has 0 atom stereocenters. The van der Waals surface area contributed by atoms with Crippen LogP contribution in [0.15, 0.2) is 23.3 Å². The molecule has 0 unspecified atom stereocenters. The predicted molar refractivity (Wildman–Crippen MR) is 70.2 cm³/mol. The third-order valence-electron chi connectivity index (χ3n) is 2.50. The Kier molecular flexibility index (Phi) is 6.05. The van der Waals surface area contributed by atoms with Crippen LogP contribution in [0.3, 0.4) is 0 Å². The molecule has 0 fully saturated rings. The highest BCUT2D eigenvalue weighted by molar-refractivity contribution is 5.97. The number of amides is 1. The number of azide groups is 1. The summed E-state index contributed by atoms with van der Waals surface area (Å²) in [5, 5.41) is 15.9. The van der Waals surface area contributed by atoms with Gasteiger partial charge in [-0.25, -0.2) is 0 Å². The summed E-state index contributed by atoms with van der Waals surface area (Å²) in [4.78, 5) is 14.5. The maximum absolute atomic E-state index is 11.8. The lowest BCUT2D eigenvalue weighted by Crippen LogP contribution is -2.24. The van der Waals surface area contributed by atoms with Gasteiger partial charge in [-0.2, -0.15) is 0 Å². The molecular formula is C12H16N4O3. The van der Waals surface area contributed by atoms with Gasteiger partial charge >= 0.3 is 0 Å². The molecule has 1 rings (SSSR count). The average Bonchev–Trinajstić information content (AvgIpc) is 2.42. The highest BCUT2D eigenvalue weighted by Gasteiger charge is 2.13. The van der Waals surface area contributed by atoms with E-state index in [1.54, 1.807) is 12.1 Å². The molecule has 0 aromatic heterocycles. The fraction of sp³-hybridized carbons (Fsp3) is 0.417. The molecule has 7 heteroatoms. The number of hydrogen-bond donors (Lipinski definition) is 2. The standard InChI is InChI=1S/C12H16N4O3/c1-19-10-6-4-5-9(11(10)17)12(18)14-7-2-3-8-15-16-13/h4-6,17H,2-3,7-8H2,1H3,(H,14,18). The maximum atomic E-state index is 11.8. The van der Waals surface area contributed by atoms with Gasteiger partial charge < -0.3 is 15.2 Å². The molecule has 1 aromatic rings. The minimum absolute atomic E-state index is 0.170. The number of ether oxygens (including phenoxy) is 1. The number of nitrogens with one attached hydrogen (secondary N) is 1. The highest BCUT2D eigenvalue weighted by atomic mass is 16.5. The topological polar surface area (TPSA) is 107 Å². The van der Waals surface area contributed by atoms with Crippen molar-refractivity contribution in [1.29, 1.82) is 0 Å². The van der Waals surface area contributed by atoms with Crippen LogP contribution in [-0.2, 0) is 0 Å². The second-order valence-electron chi connectivity index (χ2n) is 3.77. The Morgan fingerprint density at radius 3 is 3.00 bits per heavy atom. The molecule has 0 aliphatic carbocycles. The van der Waals surface area contributed by atoms with Gasteiger partial charge in [-0.05, 0) is 30.5 Å². The van der Waals surface area contributed by atoms with E-state index in [1.807, 2.05) is 0 Å². The number of unbranched alkanes of at least 4 members (excludes halogenated alkanes) is 1. The molecule has 19 heavy (non-hydrogen) atoms. The van der Waals surface area contributed by atoms with Gasteiger partial charge in [0.05, 0.1) is 12.7 Å². The van der Waals surface area contributed by atoms with Crippen LogP contribution in [0.4, 0.5) is 0 Å². The molecule has 0 bridgehead atoms. The van der Waals surface area contributed by atoms with E-state index in [0.717, 1.165) is 0 Å². The van der Waals surface area contributed by atoms with E-state index in [4.69, 9.17) is 10.3 Å². The number of phenols is 1. The van der Waals surface area contributed by atoms with Crippen LogP contribution < -0.4 is 10.1 Å². The Bertz CT molecular complexity index is 484. The van der Waals surface area contributed by atoms with Gasteiger partial charge in [-0.1, -0.05) is 11.2 Å². The molecule has 7 nitrogen and oxygen atoms in total. The van der Waals surface area contributed by atoms with Crippen molar-refractivity contribution in [1.82, 2.24) is 5.32 Å². The summed E-state index contributed by atoms with van der Waals surface area (Å²) < 4.78 is 4.93. The summed E-state index contributed by atoms with van der Waals surface area (Å²) in [6.07, 6.45) is 1.41. The third kappa shape index (κ3) is 4.40. The normalized spacial score (nSPS) is 9.53. The summed E-state index contributed by atoms with van der Waals surface area (Å²) in [7, 11) is 1.42. The number of nitrogens with zero attached hydrogens (tertiary/aromatic N) is 3. The van der Waals surface area contributed by atoms with Crippen LogP contribution in [0, 0.1) is 0 Å². The van der Waals surface area contributed by atoms with Gasteiger partial charge in [-0.3, -0.25) is 4.79 Å². The number of aromatic hydroxyl groups is 1. The Morgan fingerprint density at radius 2 is 2.32 bits per heavy atom. The van der Waals surface area contributed by atoms with E-state index in [2.05, 4.69) is 15.3 Å². The van der Waals surface area contributed by atoms with Crippen LogP contribution in [0.1, 0.15) is 23.2 Å². The number of carbonyl (C=O) groups excluding carboxylic acids is 1. The molecule has 0 saturated carbocycles. The fourth-order valence-corrected chi connectivity index (χ4v) is 1.52. The highest BCUT2D eigenvalue weighted by Crippen LogP contribution is 2.29. The lowest BCUT2D eigenvalue weighted by Gasteiger charge is -2.09. The number of benzene rings is 1. The number of methoxy groups -OCH3 is 1. The molecule has 0 heterocycles. The molecule has 2 N–H and O–H groups in total. The van der Waals surface area contributed by atoms with Crippen LogP contribution in [0.2, 0.25) is 0 Å². The zero-order valence-corrected chi connectivity index (χ0v) is 10.7. The molecule has 0 aliphatic heterocycles. The first kappa shape index (κ1) is 14.7. The SMILES string of the molecule is COc1cccc(C(=O)NCCCCN=[N+]=[N-])c1O. The smallest absolute Gasteiger partial charge is 0.255 e. The Morgan fingerprint density at radius 1 is 1.53 bits per heavy atom. The number of para-hydroxylation sites is 1. The van der Waals surface area contributed by atoms with Crippen molar-refractivity contribution in [2.75, 3.05) is 20.2 Å². The molecule has 0 saturated heterocycles. The minimum Gasteiger partial charge on any atom is -0.504 e. The molecule has 0 aliphatic rings. The van der Waals surface area contributed by atoms with Crippen molar-refractivity contribution in [3.8, 4) is 11.5 Å². The predicted octanol–water partition coefficient (Wildman–Crippen LogP) is 2.22. The second-order valence-corrected chi connectivity index (χ2v) is 3.77. The van der Waals surface area contributed by atoms with Crippen molar-refractivity contribution in [3.63, 3.8) is 0 Å². The monoisotopic (exact) mass is 264 g/mol. The van der Waals surface area contributed by atoms with E-state index in [9.17, 15) is 9.90 Å². The van der Waals surface area contributed by atoms with E-state index in [0.29, 0.717) is 25.9 Å². The Labute approximate surface area is 110 Å². The Balaban J connectivity index is 2.47. The minimum atomic E-state index is -0.361. The lowest BCUT2D eigenvalue weighted by atomic mass is 10.1. The Hall–Kier alpha value is -2.40. The summed E-state index contributed by atoms with van der Waals surface area (Å²) in [6.45, 7) is 0.868. The summed E-state index contributed by atoms with van der Waals surface area (Å²) in [6, 6.07) is 4.73. The number of rotatable bonds is 7. The first-order valence-corrected chi connectivity index (χ1v) is 5.85. The van der Waals surface area contributed by atoms with E-state index >= 15 is 0 Å². The maximum Gasteiger partial charge on any atom is 0.255 e. The van der Waals surface area contributed by atoms with Crippen molar-refractivity contribution >= 4 is 5.91 Å². The molecule has 1 amide bonds. The molecule has 1 aromatic carbocycles. The van der Waals surface area contributed by atoms with E-state index < -0.39 is 0 Å². The van der Waals surface area contributed by atoms with Gasteiger partial charge in [0.25, 0.3) is 5.91 Å². The second kappa shape index (κ2) is 7.84. The first-order valence-electron chi connectivity index (χ1n) is 5.85. The van der Waals surface area contributed by atoms with Crippen molar-refractivity contribution in [2.24, 2.45) is 5.11 Å². The number of hydrogen-bond acceptors (Lipinski definition) is 4. The van der Waals surface area contributed by atoms with Gasteiger partial charge in [0.2, 0.25) is 0 Å². The van der Waals surface area contributed by atoms with Crippen LogP contribution >= 0.6 is 0 Å². The van der Waals surface area contributed by atoms with Gasteiger partial charge in [0.1, 0.15) is 0 Å². The van der Waals surface area contributed by atoms with E-state index in [-0.39, 0.29) is 23.0 Å². The quantitative estimate of drug-likeness (QED) is 0.341. The number of phenolic OH excluding ortho intramolecular Hbond substituents is 1. The third-order valence-corrected chi connectivity index (χ3v) is 2.50. The van der Waals surface area contributed by atoms with Gasteiger partial charge in [0, 0.05) is 18.0 Å². The van der Waals surface area contributed by atoms with Crippen LogP contribution in [-0.4, -0.2) is 31.2 Å². The summed E-state index contributed by atoms with van der Waals surface area (Å²) in [5.41, 5.74) is 8.26. The first-order chi connectivity index (χ1) is 9.20. The zero-order valence-electron chi connectivity index (χ0n) is 10.7.